The van der Waals surface area contributed by atoms with Crippen LogP contribution in [0.5, 0.6) is 0 Å². The lowest BCUT2D eigenvalue weighted by Gasteiger charge is -2.13. The summed E-state index contributed by atoms with van der Waals surface area (Å²) in [5.74, 6) is 2.34. The van der Waals surface area contributed by atoms with Gasteiger partial charge in [0.15, 0.2) is 5.82 Å². The van der Waals surface area contributed by atoms with Gasteiger partial charge in [0.1, 0.15) is 5.82 Å². The number of nitrogens with zero attached hydrogens (tertiary/aromatic N) is 2. The molecule has 0 radical (unpaired) electrons. The molecule has 1 aromatic heterocycles. The summed E-state index contributed by atoms with van der Waals surface area (Å²) in [6, 6.07) is 10.3. The smallest absolute Gasteiger partial charge is 0.161 e. The summed E-state index contributed by atoms with van der Waals surface area (Å²) in [4.78, 5) is 9.50. The largest absolute Gasteiger partial charge is 0.370 e. The van der Waals surface area contributed by atoms with E-state index in [1.165, 1.54) is 31.4 Å². The number of hydrogen-bond donors (Lipinski definition) is 1. The molecule has 1 aliphatic rings. The van der Waals surface area contributed by atoms with Gasteiger partial charge in [-0.25, -0.2) is 9.97 Å². The van der Waals surface area contributed by atoms with Crippen LogP contribution in [-0.2, 0) is 0 Å². The van der Waals surface area contributed by atoms with Crippen molar-refractivity contribution < 1.29 is 0 Å². The Morgan fingerprint density at radius 1 is 1.19 bits per heavy atom. The average molecular weight is 346 g/mol. The van der Waals surface area contributed by atoms with E-state index in [-0.39, 0.29) is 0 Å². The van der Waals surface area contributed by atoms with E-state index in [4.69, 9.17) is 4.98 Å². The van der Waals surface area contributed by atoms with Crippen LogP contribution >= 0.6 is 15.9 Å². The first-order valence-corrected chi connectivity index (χ1v) is 8.44. The highest BCUT2D eigenvalue weighted by Crippen LogP contribution is 2.34. The van der Waals surface area contributed by atoms with Crippen molar-refractivity contribution in [2.75, 3.05) is 11.9 Å². The quantitative estimate of drug-likeness (QED) is 0.847. The zero-order valence-corrected chi connectivity index (χ0v) is 13.9. The minimum Gasteiger partial charge on any atom is -0.370 e. The van der Waals surface area contributed by atoms with Crippen LogP contribution in [0, 0.1) is 0 Å². The molecule has 0 aliphatic heterocycles. The molecule has 0 amide bonds. The van der Waals surface area contributed by atoms with Crippen LogP contribution in [0.15, 0.2) is 34.8 Å². The van der Waals surface area contributed by atoms with Crippen LogP contribution in [0.3, 0.4) is 0 Å². The van der Waals surface area contributed by atoms with E-state index in [0.29, 0.717) is 5.92 Å². The van der Waals surface area contributed by atoms with Gasteiger partial charge < -0.3 is 5.32 Å². The third-order valence-corrected chi connectivity index (χ3v) is 4.45. The number of halogens is 1. The van der Waals surface area contributed by atoms with Gasteiger partial charge in [-0.2, -0.15) is 0 Å². The maximum Gasteiger partial charge on any atom is 0.161 e. The Bertz CT molecular complexity index is 621. The van der Waals surface area contributed by atoms with E-state index >= 15 is 0 Å². The molecule has 110 valence electrons. The first-order valence-electron chi connectivity index (χ1n) is 7.65. The molecule has 0 bridgehead atoms. The van der Waals surface area contributed by atoms with Crippen LogP contribution in [0.25, 0.3) is 11.4 Å². The topological polar surface area (TPSA) is 37.8 Å². The Morgan fingerprint density at radius 3 is 2.71 bits per heavy atom. The third-order valence-electron chi connectivity index (χ3n) is 3.96. The Kier molecular flexibility index (Phi) is 4.54. The molecular weight excluding hydrogens is 326 g/mol. The molecule has 0 unspecified atom stereocenters. The minimum absolute atomic E-state index is 0.594. The predicted octanol–water partition coefficient (Wildman–Crippen LogP) is 5.00. The van der Waals surface area contributed by atoms with Gasteiger partial charge in [-0.3, -0.25) is 0 Å². The lowest BCUT2D eigenvalue weighted by Crippen LogP contribution is -2.06. The van der Waals surface area contributed by atoms with Gasteiger partial charge >= 0.3 is 0 Å². The van der Waals surface area contributed by atoms with E-state index < -0.39 is 0 Å². The summed E-state index contributed by atoms with van der Waals surface area (Å²) >= 11 is 3.52. The number of hydrogen-bond acceptors (Lipinski definition) is 3. The van der Waals surface area contributed by atoms with Gasteiger partial charge in [-0.1, -0.05) is 40.9 Å². The summed E-state index contributed by atoms with van der Waals surface area (Å²) in [5.41, 5.74) is 2.25. The van der Waals surface area contributed by atoms with Crippen LogP contribution < -0.4 is 5.32 Å². The fourth-order valence-corrected chi connectivity index (χ4v) is 3.32. The fraction of sp³-hybridized carbons (Fsp3) is 0.412. The van der Waals surface area contributed by atoms with Gasteiger partial charge in [0, 0.05) is 34.3 Å². The van der Waals surface area contributed by atoms with Gasteiger partial charge in [-0.15, -0.1) is 0 Å². The SMILES string of the molecule is CCNc1cc(C2CCCC2)nc(-c2cccc(Br)c2)n1. The molecule has 0 atom stereocenters. The number of benzene rings is 1. The second-order valence-corrected chi connectivity index (χ2v) is 6.44. The Labute approximate surface area is 134 Å². The highest BCUT2D eigenvalue weighted by molar-refractivity contribution is 9.10. The summed E-state index contributed by atoms with van der Waals surface area (Å²) in [7, 11) is 0. The Balaban J connectivity index is 2.02. The highest BCUT2D eigenvalue weighted by atomic mass is 79.9. The maximum atomic E-state index is 4.84. The average Bonchev–Trinajstić information content (AvgIpc) is 3.01. The molecule has 0 saturated heterocycles. The van der Waals surface area contributed by atoms with Crippen molar-refractivity contribution in [2.45, 2.75) is 38.5 Å². The van der Waals surface area contributed by atoms with E-state index in [1.54, 1.807) is 0 Å². The number of rotatable bonds is 4. The minimum atomic E-state index is 0.594. The molecule has 3 rings (SSSR count). The van der Waals surface area contributed by atoms with E-state index in [1.807, 2.05) is 12.1 Å². The molecule has 2 aromatic rings. The lowest BCUT2D eigenvalue weighted by atomic mass is 10.0. The fourth-order valence-electron chi connectivity index (χ4n) is 2.93. The van der Waals surface area contributed by atoms with Gasteiger partial charge in [0.25, 0.3) is 0 Å². The van der Waals surface area contributed by atoms with Crippen molar-refractivity contribution in [3.63, 3.8) is 0 Å². The van der Waals surface area contributed by atoms with E-state index in [0.717, 1.165) is 28.2 Å². The van der Waals surface area contributed by atoms with E-state index in [2.05, 4.69) is 51.4 Å². The molecule has 1 N–H and O–H groups in total. The van der Waals surface area contributed by atoms with Crippen molar-refractivity contribution in [1.82, 2.24) is 9.97 Å². The van der Waals surface area contributed by atoms with Crippen LogP contribution in [0.1, 0.15) is 44.2 Å². The first-order chi connectivity index (χ1) is 10.3. The summed E-state index contributed by atoms with van der Waals surface area (Å²) in [6.07, 6.45) is 5.13. The van der Waals surface area contributed by atoms with Crippen molar-refractivity contribution in [3.8, 4) is 11.4 Å². The number of aromatic nitrogens is 2. The molecule has 1 fully saturated rings. The highest BCUT2D eigenvalue weighted by Gasteiger charge is 2.20. The van der Waals surface area contributed by atoms with Crippen LogP contribution in [0.4, 0.5) is 5.82 Å². The molecular formula is C17H20BrN3. The number of nitrogens with one attached hydrogen (secondary N) is 1. The van der Waals surface area contributed by atoms with Gasteiger partial charge in [0.2, 0.25) is 0 Å². The zero-order valence-electron chi connectivity index (χ0n) is 12.3. The standard InChI is InChI=1S/C17H20BrN3/c1-2-19-16-11-15(12-6-3-4-7-12)20-17(21-16)13-8-5-9-14(18)10-13/h5,8-12H,2-4,6-7H2,1H3,(H,19,20,21). The molecule has 1 heterocycles. The molecule has 3 nitrogen and oxygen atoms in total. The summed E-state index contributed by atoms with van der Waals surface area (Å²) in [5, 5.41) is 3.33. The van der Waals surface area contributed by atoms with Crippen molar-refractivity contribution >= 4 is 21.7 Å². The van der Waals surface area contributed by atoms with Crippen molar-refractivity contribution in [1.29, 1.82) is 0 Å². The molecule has 0 spiro atoms. The van der Waals surface area contributed by atoms with Gasteiger partial charge in [0.05, 0.1) is 0 Å². The lowest BCUT2D eigenvalue weighted by molar-refractivity contribution is 0.695. The predicted molar refractivity (Wildman–Crippen MR) is 90.5 cm³/mol. The normalized spacial score (nSPS) is 15.3. The van der Waals surface area contributed by atoms with Crippen LogP contribution in [0.2, 0.25) is 0 Å². The van der Waals surface area contributed by atoms with Crippen LogP contribution in [-0.4, -0.2) is 16.5 Å². The first kappa shape index (κ1) is 14.5. The molecule has 1 aliphatic carbocycles. The molecule has 21 heavy (non-hydrogen) atoms. The van der Waals surface area contributed by atoms with Crippen molar-refractivity contribution in [3.05, 3.63) is 40.5 Å². The third kappa shape index (κ3) is 3.43. The molecule has 1 saturated carbocycles. The summed E-state index contributed by atoms with van der Waals surface area (Å²) in [6.45, 7) is 2.97. The second kappa shape index (κ2) is 6.56. The molecule has 4 heteroatoms. The zero-order chi connectivity index (χ0) is 14.7. The monoisotopic (exact) mass is 345 g/mol. The second-order valence-electron chi connectivity index (χ2n) is 5.52. The van der Waals surface area contributed by atoms with E-state index in [9.17, 15) is 0 Å². The Hall–Kier alpha value is -1.42. The summed E-state index contributed by atoms with van der Waals surface area (Å²) < 4.78 is 1.06. The number of anilines is 1. The van der Waals surface area contributed by atoms with Gasteiger partial charge in [-0.05, 0) is 31.9 Å². The molecule has 1 aromatic carbocycles. The van der Waals surface area contributed by atoms with Crippen molar-refractivity contribution in [2.24, 2.45) is 0 Å². The Morgan fingerprint density at radius 2 is 2.00 bits per heavy atom. The maximum absolute atomic E-state index is 4.84.